The van der Waals surface area contributed by atoms with Gasteiger partial charge in [0.1, 0.15) is 0 Å². The number of nitrogens with zero attached hydrogens (tertiary/aromatic N) is 1. The van der Waals surface area contributed by atoms with Crippen molar-refractivity contribution in [3.05, 3.63) is 0 Å². The summed E-state index contributed by atoms with van der Waals surface area (Å²) < 4.78 is 5.69. The van der Waals surface area contributed by atoms with Crippen LogP contribution in [-0.4, -0.2) is 49.2 Å². The van der Waals surface area contributed by atoms with Crippen molar-refractivity contribution in [2.75, 3.05) is 26.2 Å². The second-order valence-electron chi connectivity index (χ2n) is 5.76. The van der Waals surface area contributed by atoms with E-state index in [9.17, 15) is 4.79 Å². The molecule has 0 aromatic rings. The van der Waals surface area contributed by atoms with E-state index in [0.717, 1.165) is 45.5 Å². The second kappa shape index (κ2) is 7.85. The fourth-order valence-electron chi connectivity index (χ4n) is 3.14. The van der Waals surface area contributed by atoms with Crippen LogP contribution in [0.4, 0.5) is 0 Å². The molecule has 1 N–H and O–H groups in total. The lowest BCUT2D eigenvalue weighted by atomic mass is 10.0. The van der Waals surface area contributed by atoms with Crippen molar-refractivity contribution in [3.8, 4) is 0 Å². The summed E-state index contributed by atoms with van der Waals surface area (Å²) in [5, 5.41) is 3.46. The summed E-state index contributed by atoms with van der Waals surface area (Å²) in [5.74, 6) is 0.316. The average Bonchev–Trinajstić information content (AvgIpc) is 2.46. The third-order valence-electron chi connectivity index (χ3n) is 4.22. The van der Waals surface area contributed by atoms with Gasteiger partial charge in [-0.05, 0) is 45.1 Å². The molecular formula is C15H28N2O2. The van der Waals surface area contributed by atoms with Crippen molar-refractivity contribution in [2.45, 2.75) is 64.0 Å². The van der Waals surface area contributed by atoms with Gasteiger partial charge in [-0.15, -0.1) is 0 Å². The van der Waals surface area contributed by atoms with E-state index in [4.69, 9.17) is 4.74 Å². The van der Waals surface area contributed by atoms with Gasteiger partial charge in [0.25, 0.3) is 0 Å². The Morgan fingerprint density at radius 3 is 2.95 bits per heavy atom. The van der Waals surface area contributed by atoms with Crippen molar-refractivity contribution in [1.82, 2.24) is 10.2 Å². The Bertz CT molecular complexity index is 275. The maximum absolute atomic E-state index is 12.2. The third kappa shape index (κ3) is 4.77. The molecule has 0 aromatic carbocycles. The number of piperidine rings is 1. The van der Waals surface area contributed by atoms with Crippen LogP contribution in [0, 0.1) is 0 Å². The molecule has 2 unspecified atom stereocenters. The Balaban J connectivity index is 1.69. The molecule has 110 valence electrons. The van der Waals surface area contributed by atoms with Gasteiger partial charge in [0.05, 0.1) is 6.10 Å². The lowest BCUT2D eigenvalue weighted by molar-refractivity contribution is -0.133. The number of hydrogen-bond donors (Lipinski definition) is 1. The first-order valence-electron chi connectivity index (χ1n) is 7.92. The normalized spacial score (nSPS) is 28.4. The summed E-state index contributed by atoms with van der Waals surface area (Å²) in [6.45, 7) is 5.82. The van der Waals surface area contributed by atoms with E-state index in [-0.39, 0.29) is 0 Å². The second-order valence-corrected chi connectivity index (χ2v) is 5.76. The molecule has 2 heterocycles. The molecule has 2 atom stereocenters. The highest BCUT2D eigenvalue weighted by Gasteiger charge is 2.24. The minimum Gasteiger partial charge on any atom is -0.378 e. The van der Waals surface area contributed by atoms with Gasteiger partial charge < -0.3 is 15.0 Å². The molecule has 4 heteroatoms. The third-order valence-corrected chi connectivity index (χ3v) is 4.22. The highest BCUT2D eigenvalue weighted by Crippen LogP contribution is 2.18. The van der Waals surface area contributed by atoms with Gasteiger partial charge in [-0.3, -0.25) is 4.79 Å². The van der Waals surface area contributed by atoms with E-state index < -0.39 is 0 Å². The molecule has 0 spiro atoms. The van der Waals surface area contributed by atoms with Crippen LogP contribution >= 0.6 is 0 Å². The molecule has 0 saturated carbocycles. The summed E-state index contributed by atoms with van der Waals surface area (Å²) >= 11 is 0. The maximum Gasteiger partial charge on any atom is 0.222 e. The van der Waals surface area contributed by atoms with Crippen LogP contribution in [-0.2, 0) is 9.53 Å². The van der Waals surface area contributed by atoms with Gasteiger partial charge in [-0.1, -0.05) is 6.92 Å². The van der Waals surface area contributed by atoms with E-state index in [1.807, 2.05) is 4.90 Å². The monoisotopic (exact) mass is 268 g/mol. The zero-order chi connectivity index (χ0) is 13.5. The van der Waals surface area contributed by atoms with E-state index in [0.29, 0.717) is 24.5 Å². The number of carbonyl (C=O) groups is 1. The molecule has 0 aliphatic carbocycles. The minimum absolute atomic E-state index is 0.316. The Morgan fingerprint density at radius 1 is 1.32 bits per heavy atom. The molecule has 0 aromatic heterocycles. The zero-order valence-electron chi connectivity index (χ0n) is 12.2. The number of likely N-dealkylation sites (tertiary alicyclic amines) is 1. The van der Waals surface area contributed by atoms with Gasteiger partial charge in [0, 0.05) is 32.2 Å². The largest absolute Gasteiger partial charge is 0.378 e. The molecule has 2 rings (SSSR count). The summed E-state index contributed by atoms with van der Waals surface area (Å²) in [6.07, 6.45) is 7.78. The number of likely N-dealkylation sites (N-methyl/N-ethyl adjacent to an activating group) is 1. The van der Waals surface area contributed by atoms with Gasteiger partial charge >= 0.3 is 0 Å². The summed E-state index contributed by atoms with van der Waals surface area (Å²) in [7, 11) is 0. The predicted octanol–water partition coefficient (Wildman–Crippen LogP) is 1.94. The molecule has 2 aliphatic heterocycles. The number of nitrogens with one attached hydrogen (secondary N) is 1. The quantitative estimate of drug-likeness (QED) is 0.828. The van der Waals surface area contributed by atoms with Crippen LogP contribution in [0.15, 0.2) is 0 Å². The van der Waals surface area contributed by atoms with Gasteiger partial charge in [-0.2, -0.15) is 0 Å². The molecule has 2 aliphatic rings. The molecule has 4 nitrogen and oxygen atoms in total. The molecule has 19 heavy (non-hydrogen) atoms. The first-order chi connectivity index (χ1) is 9.29. The number of ether oxygens (including phenoxy) is 1. The molecule has 0 radical (unpaired) electrons. The SMILES string of the molecule is CCNC1CCCN(C(=O)CCC2CCCCO2)C1. The van der Waals surface area contributed by atoms with Crippen LogP contribution in [0.2, 0.25) is 0 Å². The van der Waals surface area contributed by atoms with Gasteiger partial charge in [0.2, 0.25) is 5.91 Å². The van der Waals surface area contributed by atoms with Crippen LogP contribution in [0.5, 0.6) is 0 Å². The lowest BCUT2D eigenvalue weighted by Gasteiger charge is -2.33. The number of hydrogen-bond acceptors (Lipinski definition) is 3. The predicted molar refractivity (Wildman–Crippen MR) is 76.1 cm³/mol. The standard InChI is InChI=1S/C15H28N2O2/c1-2-16-13-6-5-10-17(12-13)15(18)9-8-14-7-3-4-11-19-14/h13-14,16H,2-12H2,1H3. The van der Waals surface area contributed by atoms with Crippen LogP contribution in [0.1, 0.15) is 51.9 Å². The number of rotatable bonds is 5. The van der Waals surface area contributed by atoms with E-state index >= 15 is 0 Å². The summed E-state index contributed by atoms with van der Waals surface area (Å²) in [6, 6.07) is 0.494. The Morgan fingerprint density at radius 2 is 2.21 bits per heavy atom. The van der Waals surface area contributed by atoms with Crippen molar-refractivity contribution in [1.29, 1.82) is 0 Å². The summed E-state index contributed by atoms with van der Waals surface area (Å²) in [5.41, 5.74) is 0. The molecular weight excluding hydrogens is 240 g/mol. The zero-order valence-corrected chi connectivity index (χ0v) is 12.2. The first kappa shape index (κ1) is 14.8. The molecule has 2 fully saturated rings. The summed E-state index contributed by atoms with van der Waals surface area (Å²) in [4.78, 5) is 14.3. The van der Waals surface area contributed by atoms with Crippen molar-refractivity contribution in [3.63, 3.8) is 0 Å². The molecule has 1 amide bonds. The smallest absolute Gasteiger partial charge is 0.222 e. The Hall–Kier alpha value is -0.610. The van der Waals surface area contributed by atoms with Crippen molar-refractivity contribution >= 4 is 5.91 Å². The fourth-order valence-corrected chi connectivity index (χ4v) is 3.14. The van der Waals surface area contributed by atoms with Gasteiger partial charge in [0.15, 0.2) is 0 Å². The van der Waals surface area contributed by atoms with E-state index in [1.165, 1.54) is 19.3 Å². The van der Waals surface area contributed by atoms with Crippen LogP contribution in [0.3, 0.4) is 0 Å². The van der Waals surface area contributed by atoms with Crippen LogP contribution < -0.4 is 5.32 Å². The highest BCUT2D eigenvalue weighted by molar-refractivity contribution is 5.76. The number of carbonyl (C=O) groups excluding carboxylic acids is 1. The van der Waals surface area contributed by atoms with Crippen molar-refractivity contribution in [2.24, 2.45) is 0 Å². The fraction of sp³-hybridized carbons (Fsp3) is 0.933. The topological polar surface area (TPSA) is 41.6 Å². The van der Waals surface area contributed by atoms with E-state index in [1.54, 1.807) is 0 Å². The highest BCUT2D eigenvalue weighted by atomic mass is 16.5. The molecule has 2 saturated heterocycles. The lowest BCUT2D eigenvalue weighted by Crippen LogP contribution is -2.48. The van der Waals surface area contributed by atoms with Crippen LogP contribution in [0.25, 0.3) is 0 Å². The molecule has 0 bridgehead atoms. The average molecular weight is 268 g/mol. The van der Waals surface area contributed by atoms with Gasteiger partial charge in [-0.25, -0.2) is 0 Å². The number of amides is 1. The Kier molecular flexibility index (Phi) is 6.11. The maximum atomic E-state index is 12.2. The van der Waals surface area contributed by atoms with E-state index in [2.05, 4.69) is 12.2 Å². The Labute approximate surface area is 116 Å². The minimum atomic E-state index is 0.316. The van der Waals surface area contributed by atoms with Crippen molar-refractivity contribution < 1.29 is 9.53 Å². The first-order valence-corrected chi connectivity index (χ1v) is 7.92.